The molecule has 8 heteroatoms. The average molecular weight is 396 g/mol. The first-order valence-corrected chi connectivity index (χ1v) is 10.1. The van der Waals surface area contributed by atoms with Gasteiger partial charge in [0.25, 0.3) is 5.56 Å². The Labute approximate surface area is 169 Å². The molecule has 1 fully saturated rings. The van der Waals surface area contributed by atoms with Crippen molar-refractivity contribution in [2.45, 2.75) is 45.7 Å². The van der Waals surface area contributed by atoms with E-state index in [-0.39, 0.29) is 17.1 Å². The quantitative estimate of drug-likeness (QED) is 0.712. The summed E-state index contributed by atoms with van der Waals surface area (Å²) in [5, 5.41) is 13.7. The van der Waals surface area contributed by atoms with E-state index >= 15 is 0 Å². The number of ether oxygens (including phenoxy) is 1. The lowest BCUT2D eigenvalue weighted by Crippen LogP contribution is -2.43. The third kappa shape index (κ3) is 3.70. The molecule has 29 heavy (non-hydrogen) atoms. The minimum absolute atomic E-state index is 0.110. The average Bonchev–Trinajstić information content (AvgIpc) is 3.20. The number of nitrogens with one attached hydrogen (secondary N) is 1. The van der Waals surface area contributed by atoms with Crippen LogP contribution in [0.3, 0.4) is 0 Å². The van der Waals surface area contributed by atoms with Crippen molar-refractivity contribution in [3.8, 4) is 0 Å². The van der Waals surface area contributed by atoms with Crippen LogP contribution in [-0.4, -0.2) is 56.4 Å². The number of aryl methyl sites for hydroxylation is 1. The van der Waals surface area contributed by atoms with Gasteiger partial charge in [0.2, 0.25) is 0 Å². The van der Waals surface area contributed by atoms with Crippen molar-refractivity contribution in [1.29, 1.82) is 0 Å². The summed E-state index contributed by atoms with van der Waals surface area (Å²) in [6.07, 6.45) is 0.869. The van der Waals surface area contributed by atoms with E-state index in [0.717, 1.165) is 36.0 Å². The molecule has 0 spiro atoms. The maximum atomic E-state index is 13.1. The Morgan fingerprint density at radius 2 is 2.00 bits per heavy atom. The molecule has 1 aromatic carbocycles. The monoisotopic (exact) mass is 396 g/mol. The second-order valence-corrected chi connectivity index (χ2v) is 8.31. The molecule has 0 amide bonds. The van der Waals surface area contributed by atoms with E-state index in [0.29, 0.717) is 24.6 Å². The number of benzene rings is 1. The molecule has 0 saturated carbocycles. The van der Waals surface area contributed by atoms with E-state index in [4.69, 9.17) is 4.74 Å². The van der Waals surface area contributed by atoms with Crippen LogP contribution in [0.25, 0.3) is 10.9 Å². The molecule has 0 bridgehead atoms. The molecular weight excluding hydrogens is 368 g/mol. The van der Waals surface area contributed by atoms with E-state index < -0.39 is 0 Å². The van der Waals surface area contributed by atoms with Crippen LogP contribution in [0.1, 0.15) is 50.2 Å². The van der Waals surface area contributed by atoms with Crippen molar-refractivity contribution in [1.82, 2.24) is 30.1 Å². The number of pyridine rings is 1. The van der Waals surface area contributed by atoms with Crippen LogP contribution in [0.2, 0.25) is 0 Å². The zero-order chi connectivity index (χ0) is 20.6. The molecule has 8 nitrogen and oxygen atoms in total. The largest absolute Gasteiger partial charge is 0.379 e. The Kier molecular flexibility index (Phi) is 5.23. The van der Waals surface area contributed by atoms with Crippen LogP contribution >= 0.6 is 0 Å². The van der Waals surface area contributed by atoms with Gasteiger partial charge in [-0.1, -0.05) is 18.6 Å². The molecule has 2 aromatic heterocycles. The fraction of sp³-hybridized carbons (Fsp3) is 0.524. The zero-order valence-electron chi connectivity index (χ0n) is 17.5. The Morgan fingerprint density at radius 1 is 1.24 bits per heavy atom. The lowest BCUT2D eigenvalue weighted by molar-refractivity contribution is 0.0204. The molecular formula is C21H28N6O2. The number of H-pyrrole nitrogens is 1. The number of fused-ring (bicyclic) bond motifs is 1. The van der Waals surface area contributed by atoms with Gasteiger partial charge in [0.15, 0.2) is 5.82 Å². The maximum absolute atomic E-state index is 13.1. The summed E-state index contributed by atoms with van der Waals surface area (Å²) >= 11 is 0. The molecule has 3 aromatic rings. The molecule has 0 aliphatic carbocycles. The standard InChI is InChI=1S/C21H28N6O2/c1-5-21(3,4)27-19(23-24-25-27)18(26-8-10-29-11-9-26)16-13-15-12-14(2)6-7-17(15)22-20(16)28/h6-7,12-13,18H,5,8-11H2,1-4H3,(H,22,28)/t18-/m1/s1. The van der Waals surface area contributed by atoms with Crippen molar-refractivity contribution in [3.05, 3.63) is 51.6 Å². The lowest BCUT2D eigenvalue weighted by atomic mass is 9.99. The fourth-order valence-electron chi connectivity index (χ4n) is 3.83. The third-order valence-corrected chi connectivity index (χ3v) is 5.91. The molecule has 1 atom stereocenters. The Bertz CT molecular complexity index is 1060. The first-order valence-electron chi connectivity index (χ1n) is 10.1. The number of tetrazole rings is 1. The first kappa shape index (κ1) is 19.7. The zero-order valence-corrected chi connectivity index (χ0v) is 17.5. The number of hydrogen-bond donors (Lipinski definition) is 1. The van der Waals surface area contributed by atoms with Crippen molar-refractivity contribution >= 4 is 10.9 Å². The van der Waals surface area contributed by atoms with Gasteiger partial charge in [-0.2, -0.15) is 0 Å². The lowest BCUT2D eigenvalue weighted by Gasteiger charge is -2.35. The summed E-state index contributed by atoms with van der Waals surface area (Å²) in [4.78, 5) is 18.4. The van der Waals surface area contributed by atoms with Gasteiger partial charge in [0, 0.05) is 24.2 Å². The van der Waals surface area contributed by atoms with Gasteiger partial charge >= 0.3 is 0 Å². The molecule has 4 rings (SSSR count). The maximum Gasteiger partial charge on any atom is 0.253 e. The third-order valence-electron chi connectivity index (χ3n) is 5.91. The number of rotatable bonds is 5. The van der Waals surface area contributed by atoms with Gasteiger partial charge in [-0.15, -0.1) is 5.10 Å². The number of hydrogen-bond acceptors (Lipinski definition) is 6. The fourth-order valence-corrected chi connectivity index (χ4v) is 3.83. The van der Waals surface area contributed by atoms with Gasteiger partial charge < -0.3 is 9.72 Å². The van der Waals surface area contributed by atoms with Crippen molar-refractivity contribution in [2.75, 3.05) is 26.3 Å². The summed E-state index contributed by atoms with van der Waals surface area (Å²) in [6, 6.07) is 7.68. The van der Waals surface area contributed by atoms with Gasteiger partial charge in [-0.3, -0.25) is 9.69 Å². The van der Waals surface area contributed by atoms with E-state index in [2.05, 4.69) is 52.2 Å². The Balaban J connectivity index is 1.91. The highest BCUT2D eigenvalue weighted by atomic mass is 16.5. The Hall–Kier alpha value is -2.58. The summed E-state index contributed by atoms with van der Waals surface area (Å²) < 4.78 is 7.42. The second-order valence-electron chi connectivity index (χ2n) is 8.31. The highest BCUT2D eigenvalue weighted by Gasteiger charge is 2.34. The molecule has 154 valence electrons. The van der Waals surface area contributed by atoms with Gasteiger partial charge in [0.1, 0.15) is 6.04 Å². The van der Waals surface area contributed by atoms with E-state index in [1.807, 2.05) is 29.8 Å². The number of nitrogens with zero attached hydrogens (tertiary/aromatic N) is 5. The normalized spacial score (nSPS) is 17.0. The van der Waals surface area contributed by atoms with E-state index in [1.54, 1.807) is 0 Å². The van der Waals surface area contributed by atoms with Crippen LogP contribution in [0, 0.1) is 6.92 Å². The topological polar surface area (TPSA) is 88.9 Å². The summed E-state index contributed by atoms with van der Waals surface area (Å²) in [5.41, 5.74) is 2.27. The summed E-state index contributed by atoms with van der Waals surface area (Å²) in [5.74, 6) is 0.691. The minimum atomic E-state index is -0.339. The predicted octanol–water partition coefficient (Wildman–Crippen LogP) is 2.39. The number of aromatic amines is 1. The van der Waals surface area contributed by atoms with Gasteiger partial charge in [-0.25, -0.2) is 4.68 Å². The second kappa shape index (κ2) is 7.68. The number of aromatic nitrogens is 5. The van der Waals surface area contributed by atoms with Crippen molar-refractivity contribution in [3.63, 3.8) is 0 Å². The van der Waals surface area contributed by atoms with Crippen molar-refractivity contribution < 1.29 is 4.74 Å². The minimum Gasteiger partial charge on any atom is -0.379 e. The summed E-state index contributed by atoms with van der Waals surface area (Å²) in [7, 11) is 0. The summed E-state index contributed by atoms with van der Waals surface area (Å²) in [6.45, 7) is 11.1. The van der Waals surface area contributed by atoms with E-state index in [9.17, 15) is 4.79 Å². The molecule has 1 N–H and O–H groups in total. The predicted molar refractivity (Wildman–Crippen MR) is 111 cm³/mol. The molecule has 1 saturated heterocycles. The van der Waals surface area contributed by atoms with Crippen molar-refractivity contribution in [2.24, 2.45) is 0 Å². The highest BCUT2D eigenvalue weighted by Crippen LogP contribution is 2.30. The first-order chi connectivity index (χ1) is 13.9. The SMILES string of the molecule is CCC(C)(C)n1nnnc1[C@@H](c1cc2cc(C)ccc2[nH]c1=O)N1CCOCC1. The molecule has 3 heterocycles. The smallest absolute Gasteiger partial charge is 0.253 e. The van der Waals surface area contributed by atoms with Crippen LogP contribution < -0.4 is 5.56 Å². The van der Waals surface area contributed by atoms with Crippen LogP contribution in [0.15, 0.2) is 29.1 Å². The number of morpholine rings is 1. The van der Waals surface area contributed by atoms with Crippen LogP contribution in [0.5, 0.6) is 0 Å². The van der Waals surface area contributed by atoms with Crippen LogP contribution in [0.4, 0.5) is 0 Å². The van der Waals surface area contributed by atoms with E-state index in [1.165, 1.54) is 0 Å². The van der Waals surface area contributed by atoms with Gasteiger partial charge in [-0.05, 0) is 61.2 Å². The molecule has 0 radical (unpaired) electrons. The molecule has 1 aliphatic heterocycles. The highest BCUT2D eigenvalue weighted by molar-refractivity contribution is 5.79. The Morgan fingerprint density at radius 3 is 2.72 bits per heavy atom. The van der Waals surface area contributed by atoms with Crippen LogP contribution in [-0.2, 0) is 10.3 Å². The molecule has 0 unspecified atom stereocenters. The van der Waals surface area contributed by atoms with Gasteiger partial charge in [0.05, 0.1) is 18.8 Å². The molecule has 1 aliphatic rings.